The van der Waals surface area contributed by atoms with Crippen LogP contribution in [-0.2, 0) is 15.7 Å². The van der Waals surface area contributed by atoms with E-state index >= 15 is 0 Å². The van der Waals surface area contributed by atoms with Gasteiger partial charge >= 0.3 is 12.1 Å². The second kappa shape index (κ2) is 8.31. The smallest absolute Gasteiger partial charge is 0.419 e. The lowest BCUT2D eigenvalue weighted by Gasteiger charge is -2.21. The van der Waals surface area contributed by atoms with Gasteiger partial charge in [-0.15, -0.1) is 0 Å². The third-order valence-corrected chi connectivity index (χ3v) is 5.59. The van der Waals surface area contributed by atoms with Crippen molar-refractivity contribution in [3.05, 3.63) is 52.8 Å². The van der Waals surface area contributed by atoms with Crippen molar-refractivity contribution in [1.29, 1.82) is 0 Å². The Balaban J connectivity index is 2.65. The summed E-state index contributed by atoms with van der Waals surface area (Å²) in [5.41, 5.74) is 0.930. The normalized spacial score (nSPS) is 13.4. The minimum atomic E-state index is -4.88. The average Bonchev–Trinajstić information content (AvgIpc) is 2.54. The van der Waals surface area contributed by atoms with Crippen molar-refractivity contribution in [2.24, 2.45) is 5.14 Å². The van der Waals surface area contributed by atoms with E-state index in [2.05, 4.69) is 0 Å². The summed E-state index contributed by atoms with van der Waals surface area (Å²) in [4.78, 5) is 11.4. The minimum absolute atomic E-state index is 0.112. The Morgan fingerprint density at radius 3 is 2.30 bits per heavy atom. The van der Waals surface area contributed by atoms with Crippen molar-refractivity contribution in [2.45, 2.75) is 31.8 Å². The molecule has 8 heteroatoms. The summed E-state index contributed by atoms with van der Waals surface area (Å²) >= 11 is -1.99. The molecule has 148 valence electrons. The van der Waals surface area contributed by atoms with Crippen LogP contribution in [0.3, 0.4) is 0 Å². The summed E-state index contributed by atoms with van der Waals surface area (Å²) in [5, 5.41) is 5.92. The molecule has 0 amide bonds. The molecule has 2 rings (SSSR count). The zero-order chi connectivity index (χ0) is 20.4. The first-order chi connectivity index (χ1) is 12.6. The van der Waals surface area contributed by atoms with Crippen molar-refractivity contribution in [2.75, 3.05) is 12.4 Å². The monoisotopic (exact) mass is 403 g/mol. The zero-order valence-corrected chi connectivity index (χ0v) is 16.0. The average molecular weight is 403 g/mol. The number of carbonyl (C=O) groups excluding carboxylic acids is 1. The predicted molar refractivity (Wildman–Crippen MR) is 99.3 cm³/mol. The molecule has 0 aliphatic heterocycles. The Labute approximate surface area is 158 Å². The van der Waals surface area contributed by atoms with Gasteiger partial charge in [0.2, 0.25) is 0 Å². The molecule has 0 aliphatic rings. The first-order valence-electron chi connectivity index (χ1n) is 8.21. The molecule has 1 atom stereocenters. The highest BCUT2D eigenvalue weighted by atomic mass is 32.2. The van der Waals surface area contributed by atoms with Gasteiger partial charge in [0.05, 0.1) is 17.9 Å². The molecular formula is C19H21F4NO2S. The van der Waals surface area contributed by atoms with Crippen LogP contribution < -0.4 is 5.14 Å². The molecule has 0 heterocycles. The number of ether oxygens (including phenoxy) is 1. The molecular weight excluding hydrogens is 382 g/mol. The second-order valence-corrected chi connectivity index (χ2v) is 7.79. The second-order valence-electron chi connectivity index (χ2n) is 6.05. The van der Waals surface area contributed by atoms with Gasteiger partial charge in [0.15, 0.2) is 0 Å². The van der Waals surface area contributed by atoms with Gasteiger partial charge in [0.1, 0.15) is 5.82 Å². The number of esters is 1. The van der Waals surface area contributed by atoms with Crippen molar-refractivity contribution < 1.29 is 27.1 Å². The standard InChI is InChI=1S/C19H21F4NO2S/c1-4-26-16(25)10-27(24)15-9-13(8-14(18(15)20)19(21,22)23)17-11(2)6-5-7-12(17)3/h5-9,27H,4,10,24H2,1-3H3. The first-order valence-corrected chi connectivity index (χ1v) is 9.81. The van der Waals surface area contributed by atoms with Gasteiger partial charge in [-0.1, -0.05) is 18.2 Å². The predicted octanol–water partition coefficient (Wildman–Crippen LogP) is 4.93. The van der Waals surface area contributed by atoms with Gasteiger partial charge in [0, 0.05) is 4.90 Å². The summed E-state index contributed by atoms with van der Waals surface area (Å²) in [6, 6.07) is 7.43. The summed E-state index contributed by atoms with van der Waals surface area (Å²) in [7, 11) is 0. The van der Waals surface area contributed by atoms with E-state index in [-0.39, 0.29) is 22.8 Å². The minimum Gasteiger partial charge on any atom is -0.465 e. The Bertz CT molecular complexity index is 832. The molecule has 0 fully saturated rings. The van der Waals surface area contributed by atoms with E-state index in [1.807, 2.05) is 0 Å². The fourth-order valence-corrected chi connectivity index (χ4v) is 4.09. The van der Waals surface area contributed by atoms with Crippen molar-refractivity contribution in [3.63, 3.8) is 0 Å². The lowest BCUT2D eigenvalue weighted by molar-refractivity contribution is -0.140. The van der Waals surface area contributed by atoms with E-state index in [1.54, 1.807) is 39.0 Å². The van der Waals surface area contributed by atoms with Crippen LogP contribution in [0.4, 0.5) is 17.6 Å². The molecule has 0 radical (unpaired) electrons. The highest BCUT2D eigenvalue weighted by Crippen LogP contribution is 2.42. The van der Waals surface area contributed by atoms with Crippen LogP contribution in [0.25, 0.3) is 11.1 Å². The van der Waals surface area contributed by atoms with Crippen LogP contribution in [-0.4, -0.2) is 18.3 Å². The number of rotatable bonds is 5. The number of thiol groups is 1. The summed E-state index contributed by atoms with van der Waals surface area (Å²) in [6.07, 6.45) is -4.88. The SMILES string of the molecule is CCOC(=O)C[SH](N)c1cc(-c2c(C)cccc2C)cc(C(F)(F)F)c1F. The van der Waals surface area contributed by atoms with Crippen LogP contribution in [0.1, 0.15) is 23.6 Å². The molecule has 2 N–H and O–H groups in total. The highest BCUT2D eigenvalue weighted by Gasteiger charge is 2.36. The van der Waals surface area contributed by atoms with E-state index in [0.29, 0.717) is 5.56 Å². The van der Waals surface area contributed by atoms with Gasteiger partial charge in [0.25, 0.3) is 0 Å². The summed E-state index contributed by atoms with van der Waals surface area (Å²) < 4.78 is 59.6. The molecule has 2 aromatic carbocycles. The van der Waals surface area contributed by atoms with Crippen molar-refractivity contribution in [1.82, 2.24) is 0 Å². The maximum absolute atomic E-state index is 14.6. The molecule has 0 aromatic heterocycles. The molecule has 27 heavy (non-hydrogen) atoms. The largest absolute Gasteiger partial charge is 0.465 e. The zero-order valence-electron chi connectivity index (χ0n) is 15.2. The molecule has 0 aliphatic carbocycles. The van der Waals surface area contributed by atoms with Gasteiger partial charge < -0.3 is 4.74 Å². The number of carbonyl (C=O) groups is 1. The molecule has 1 unspecified atom stereocenters. The van der Waals surface area contributed by atoms with Crippen LogP contribution in [0.5, 0.6) is 0 Å². The van der Waals surface area contributed by atoms with Crippen molar-refractivity contribution in [3.8, 4) is 11.1 Å². The lowest BCUT2D eigenvalue weighted by atomic mass is 9.94. The third kappa shape index (κ3) is 4.81. The highest BCUT2D eigenvalue weighted by molar-refractivity contribution is 8.15. The fraction of sp³-hybridized carbons (Fsp3) is 0.316. The molecule has 0 bridgehead atoms. The lowest BCUT2D eigenvalue weighted by Crippen LogP contribution is -2.16. The number of nitrogens with two attached hydrogens (primary N) is 1. The van der Waals surface area contributed by atoms with Gasteiger partial charge in [-0.05, 0) is 55.2 Å². The third-order valence-electron chi connectivity index (χ3n) is 4.04. The maximum atomic E-state index is 14.6. The van der Waals surface area contributed by atoms with Crippen LogP contribution in [0.15, 0.2) is 35.2 Å². The topological polar surface area (TPSA) is 52.3 Å². The summed E-state index contributed by atoms with van der Waals surface area (Å²) in [5.74, 6) is -2.46. The van der Waals surface area contributed by atoms with E-state index < -0.39 is 34.6 Å². The molecule has 0 spiro atoms. The van der Waals surface area contributed by atoms with E-state index in [0.717, 1.165) is 17.2 Å². The van der Waals surface area contributed by atoms with Gasteiger partial charge in [-0.3, -0.25) is 9.93 Å². The quantitative estimate of drug-likeness (QED) is 0.423. The fourth-order valence-electron chi connectivity index (χ4n) is 2.87. The van der Waals surface area contributed by atoms with Crippen LogP contribution >= 0.6 is 11.1 Å². The van der Waals surface area contributed by atoms with Crippen LogP contribution in [0, 0.1) is 19.7 Å². The number of aryl methyl sites for hydroxylation is 2. The number of alkyl halides is 3. The van der Waals surface area contributed by atoms with E-state index in [9.17, 15) is 22.4 Å². The van der Waals surface area contributed by atoms with Crippen molar-refractivity contribution >= 4 is 17.1 Å². The molecule has 0 saturated carbocycles. The van der Waals surface area contributed by atoms with Gasteiger partial charge in [-0.2, -0.15) is 24.3 Å². The molecule has 0 saturated heterocycles. The summed E-state index contributed by atoms with van der Waals surface area (Å²) in [6.45, 7) is 5.24. The number of halogens is 4. The Hall–Kier alpha value is -2.06. The Morgan fingerprint density at radius 1 is 1.19 bits per heavy atom. The Morgan fingerprint density at radius 2 is 1.78 bits per heavy atom. The number of hydrogen-bond donors (Lipinski definition) is 2. The number of benzene rings is 2. The maximum Gasteiger partial charge on any atom is 0.419 e. The van der Waals surface area contributed by atoms with Crippen LogP contribution in [0.2, 0.25) is 0 Å². The Kier molecular flexibility index (Phi) is 6.54. The molecule has 2 aromatic rings. The molecule has 3 nitrogen and oxygen atoms in total. The van der Waals surface area contributed by atoms with E-state index in [4.69, 9.17) is 9.88 Å². The number of hydrogen-bond acceptors (Lipinski definition) is 3. The van der Waals surface area contributed by atoms with E-state index in [1.165, 1.54) is 6.07 Å². The first kappa shape index (κ1) is 21.2. The van der Waals surface area contributed by atoms with Gasteiger partial charge in [-0.25, -0.2) is 4.39 Å².